The molecule has 27 heavy (non-hydrogen) atoms. The minimum absolute atomic E-state index is 0.0709. The minimum atomic E-state index is -0.163. The summed E-state index contributed by atoms with van der Waals surface area (Å²) < 4.78 is 5.43. The predicted octanol–water partition coefficient (Wildman–Crippen LogP) is 4.88. The van der Waals surface area contributed by atoms with Gasteiger partial charge in [-0.2, -0.15) is 0 Å². The van der Waals surface area contributed by atoms with Gasteiger partial charge in [-0.05, 0) is 73.4 Å². The molecule has 0 atom stereocenters. The summed E-state index contributed by atoms with van der Waals surface area (Å²) in [6.45, 7) is 4.54. The molecule has 1 aliphatic carbocycles. The molecule has 0 amide bonds. The fourth-order valence-electron chi connectivity index (χ4n) is 3.76. The molecule has 2 aromatic rings. The minimum Gasteiger partial charge on any atom is -0.465 e. The molecule has 4 nitrogen and oxygen atoms in total. The van der Waals surface area contributed by atoms with Crippen LogP contribution in [0.5, 0.6) is 0 Å². The maximum absolute atomic E-state index is 12.4. The maximum Gasteiger partial charge on any atom is 0.310 e. The number of esters is 1. The van der Waals surface area contributed by atoms with E-state index in [1.807, 2.05) is 25.1 Å². The van der Waals surface area contributed by atoms with Gasteiger partial charge in [0.2, 0.25) is 0 Å². The largest absolute Gasteiger partial charge is 0.465 e. The summed E-state index contributed by atoms with van der Waals surface area (Å²) in [5.41, 5.74) is 6.11. The molecule has 144 valence electrons. The summed E-state index contributed by atoms with van der Waals surface area (Å²) >= 11 is 0. The Morgan fingerprint density at radius 1 is 1.30 bits per heavy atom. The molecule has 1 N–H and O–H groups in total. The highest BCUT2D eigenvalue weighted by molar-refractivity contribution is 5.95. The Morgan fingerprint density at radius 3 is 2.85 bits per heavy atom. The molecular formula is C23H29NO3. The summed E-state index contributed by atoms with van der Waals surface area (Å²) in [5, 5.41) is 10.5. The van der Waals surface area contributed by atoms with Gasteiger partial charge in [0, 0.05) is 5.39 Å². The quantitative estimate of drug-likeness (QED) is 0.560. The third-order valence-electron chi connectivity index (χ3n) is 5.24. The smallest absolute Gasteiger partial charge is 0.310 e. The van der Waals surface area contributed by atoms with Crippen molar-refractivity contribution in [1.29, 1.82) is 0 Å². The second-order valence-electron chi connectivity index (χ2n) is 7.30. The van der Waals surface area contributed by atoms with Crippen LogP contribution in [0.3, 0.4) is 0 Å². The summed E-state index contributed by atoms with van der Waals surface area (Å²) in [7, 11) is 0. The van der Waals surface area contributed by atoms with Crippen LogP contribution < -0.4 is 0 Å². The van der Waals surface area contributed by atoms with Crippen LogP contribution in [0.15, 0.2) is 24.3 Å². The normalized spacial score (nSPS) is 14.3. The summed E-state index contributed by atoms with van der Waals surface area (Å²) in [4.78, 5) is 17.0. The van der Waals surface area contributed by atoms with Gasteiger partial charge in [0.05, 0.1) is 30.8 Å². The number of aryl methyl sites for hydroxylation is 1. The molecule has 0 radical (unpaired) electrons. The van der Waals surface area contributed by atoms with Crippen molar-refractivity contribution in [2.75, 3.05) is 6.61 Å². The SMILES string of the molecule is CCCCOC(=O)Cc1c(C)cc2nc(CO)ccc2c1C1=CCCCC1. The molecule has 1 aromatic carbocycles. The number of allylic oxidation sites excluding steroid dienone is 2. The Labute approximate surface area is 161 Å². The number of hydrogen-bond donors (Lipinski definition) is 1. The molecule has 0 fully saturated rings. The maximum atomic E-state index is 12.4. The Kier molecular flexibility index (Phi) is 6.62. The van der Waals surface area contributed by atoms with E-state index in [1.54, 1.807) is 0 Å². The molecule has 0 spiro atoms. The zero-order valence-corrected chi connectivity index (χ0v) is 16.4. The van der Waals surface area contributed by atoms with E-state index in [4.69, 9.17) is 4.74 Å². The number of ether oxygens (including phenoxy) is 1. The molecule has 0 aliphatic heterocycles. The van der Waals surface area contributed by atoms with E-state index < -0.39 is 0 Å². The van der Waals surface area contributed by atoms with Crippen LogP contribution >= 0.6 is 0 Å². The number of aliphatic hydroxyl groups excluding tert-OH is 1. The van der Waals surface area contributed by atoms with E-state index in [-0.39, 0.29) is 12.6 Å². The van der Waals surface area contributed by atoms with E-state index in [1.165, 1.54) is 18.4 Å². The van der Waals surface area contributed by atoms with Crippen LogP contribution in [0.4, 0.5) is 0 Å². The number of carbonyl (C=O) groups excluding carboxylic acids is 1. The van der Waals surface area contributed by atoms with Gasteiger partial charge in [-0.25, -0.2) is 0 Å². The van der Waals surface area contributed by atoms with Gasteiger partial charge >= 0.3 is 5.97 Å². The standard InChI is InChI=1S/C23H29NO3/c1-3-4-12-27-22(26)14-20-16(2)13-21-19(11-10-18(15-25)24-21)23(20)17-8-6-5-7-9-17/h8,10-11,13,25H,3-7,9,12,14-15H2,1-2H3. The van der Waals surface area contributed by atoms with Gasteiger partial charge in [-0.3, -0.25) is 9.78 Å². The summed E-state index contributed by atoms with van der Waals surface area (Å²) in [6.07, 6.45) is 9.00. The van der Waals surface area contributed by atoms with Crippen LogP contribution in [-0.4, -0.2) is 22.7 Å². The summed E-state index contributed by atoms with van der Waals surface area (Å²) in [5.74, 6) is -0.163. The molecule has 0 unspecified atom stereocenters. The molecule has 0 bridgehead atoms. The number of hydrogen-bond acceptors (Lipinski definition) is 4. The first-order chi connectivity index (χ1) is 13.1. The Bertz CT molecular complexity index is 854. The lowest BCUT2D eigenvalue weighted by molar-refractivity contribution is -0.142. The van der Waals surface area contributed by atoms with Crippen LogP contribution in [0.1, 0.15) is 67.8 Å². The number of fused-ring (bicyclic) bond motifs is 1. The molecular weight excluding hydrogens is 338 g/mol. The fraction of sp³-hybridized carbons (Fsp3) is 0.478. The van der Waals surface area contributed by atoms with Gasteiger partial charge < -0.3 is 9.84 Å². The van der Waals surface area contributed by atoms with E-state index in [9.17, 15) is 9.90 Å². The van der Waals surface area contributed by atoms with Gasteiger partial charge in [0.1, 0.15) is 0 Å². The van der Waals surface area contributed by atoms with Gasteiger partial charge in [0.25, 0.3) is 0 Å². The number of aromatic nitrogens is 1. The predicted molar refractivity (Wildman–Crippen MR) is 108 cm³/mol. The lowest BCUT2D eigenvalue weighted by Crippen LogP contribution is -2.12. The van der Waals surface area contributed by atoms with E-state index in [2.05, 4.69) is 18.0 Å². The van der Waals surface area contributed by atoms with Gasteiger partial charge in [0.15, 0.2) is 0 Å². The number of pyridine rings is 1. The van der Waals surface area contributed by atoms with Crippen LogP contribution in [0.25, 0.3) is 16.5 Å². The van der Waals surface area contributed by atoms with Crippen molar-refractivity contribution < 1.29 is 14.6 Å². The third-order valence-corrected chi connectivity index (χ3v) is 5.24. The van der Waals surface area contributed by atoms with Gasteiger partial charge in [-0.15, -0.1) is 0 Å². The molecule has 0 saturated heterocycles. The molecule has 1 aliphatic rings. The third kappa shape index (κ3) is 4.56. The van der Waals surface area contributed by atoms with Crippen molar-refractivity contribution in [1.82, 2.24) is 4.98 Å². The Morgan fingerprint density at radius 2 is 2.15 bits per heavy atom. The van der Waals surface area contributed by atoms with Crippen molar-refractivity contribution in [2.24, 2.45) is 0 Å². The number of rotatable bonds is 7. The summed E-state index contributed by atoms with van der Waals surface area (Å²) in [6, 6.07) is 5.92. The number of nitrogens with zero attached hydrogens (tertiary/aromatic N) is 1. The van der Waals surface area contributed by atoms with Crippen molar-refractivity contribution in [3.63, 3.8) is 0 Å². The first-order valence-electron chi connectivity index (χ1n) is 10.0. The second kappa shape index (κ2) is 9.14. The zero-order valence-electron chi connectivity index (χ0n) is 16.4. The van der Waals surface area contributed by atoms with Crippen molar-refractivity contribution in [2.45, 2.75) is 65.4 Å². The molecule has 1 heterocycles. The highest BCUT2D eigenvalue weighted by Crippen LogP contribution is 2.36. The topological polar surface area (TPSA) is 59.4 Å². The van der Waals surface area contributed by atoms with Gasteiger partial charge in [-0.1, -0.05) is 25.5 Å². The lowest BCUT2D eigenvalue weighted by atomic mass is 9.85. The monoisotopic (exact) mass is 367 g/mol. The van der Waals surface area contributed by atoms with Crippen LogP contribution in [0, 0.1) is 6.92 Å². The second-order valence-corrected chi connectivity index (χ2v) is 7.30. The van der Waals surface area contributed by atoms with E-state index in [0.29, 0.717) is 18.7 Å². The van der Waals surface area contributed by atoms with Crippen LogP contribution in [0.2, 0.25) is 0 Å². The highest BCUT2D eigenvalue weighted by atomic mass is 16.5. The van der Waals surface area contributed by atoms with E-state index >= 15 is 0 Å². The average Bonchev–Trinajstić information content (AvgIpc) is 2.69. The molecule has 0 saturated carbocycles. The fourth-order valence-corrected chi connectivity index (χ4v) is 3.76. The van der Waals surface area contributed by atoms with E-state index in [0.717, 1.165) is 53.3 Å². The van der Waals surface area contributed by atoms with Crippen molar-refractivity contribution in [3.8, 4) is 0 Å². The highest BCUT2D eigenvalue weighted by Gasteiger charge is 2.20. The van der Waals surface area contributed by atoms with Crippen LogP contribution in [-0.2, 0) is 22.6 Å². The number of benzene rings is 1. The molecule has 4 heteroatoms. The Hall–Kier alpha value is -2.20. The zero-order chi connectivity index (χ0) is 19.2. The number of unbranched alkanes of at least 4 members (excludes halogenated alkanes) is 1. The van der Waals surface area contributed by atoms with Crippen molar-refractivity contribution >= 4 is 22.4 Å². The Balaban J connectivity index is 2.06. The first kappa shape index (κ1) is 19.6. The average molecular weight is 367 g/mol. The molecule has 1 aromatic heterocycles. The lowest BCUT2D eigenvalue weighted by Gasteiger charge is -2.21. The number of aliphatic hydroxyl groups is 1. The number of carbonyl (C=O) groups is 1. The molecule has 3 rings (SSSR count). The van der Waals surface area contributed by atoms with Crippen molar-refractivity contribution in [3.05, 3.63) is 46.7 Å². The first-order valence-corrected chi connectivity index (χ1v) is 10.0.